The number of carbonyl (C=O) groups excluding carboxylic acids is 3. The maximum absolute atomic E-state index is 13.6. The average molecular weight is 399 g/mol. The van der Waals surface area contributed by atoms with Crippen LogP contribution < -0.4 is 4.74 Å². The highest BCUT2D eigenvalue weighted by Gasteiger charge is 2.51. The van der Waals surface area contributed by atoms with E-state index in [-0.39, 0.29) is 0 Å². The van der Waals surface area contributed by atoms with Gasteiger partial charge in [-0.05, 0) is 37.1 Å². The molecule has 1 aromatic heterocycles. The molecule has 0 bridgehead atoms. The van der Waals surface area contributed by atoms with Crippen LogP contribution in [0.3, 0.4) is 0 Å². The molecule has 2 aromatic rings. The number of hydrogen-bond acceptors (Lipinski definition) is 6. The van der Waals surface area contributed by atoms with Gasteiger partial charge in [0, 0.05) is 17.5 Å². The fourth-order valence-electron chi connectivity index (χ4n) is 4.15. The SMILES string of the molecule is COC(=O)C(C(=O)OC)C(=O)C1(n2cccc2-c2cccc(OC)c2)CCCC1. The Bertz CT molecular complexity index is 894. The second-order valence-corrected chi connectivity index (χ2v) is 7.08. The third kappa shape index (κ3) is 3.64. The molecule has 1 saturated carbocycles. The zero-order chi connectivity index (χ0) is 21.0. The van der Waals surface area contributed by atoms with Crippen molar-refractivity contribution in [3.05, 3.63) is 42.6 Å². The van der Waals surface area contributed by atoms with Gasteiger partial charge in [-0.15, -0.1) is 0 Å². The van der Waals surface area contributed by atoms with Gasteiger partial charge in [-0.25, -0.2) is 0 Å². The third-order valence-corrected chi connectivity index (χ3v) is 5.60. The second-order valence-electron chi connectivity index (χ2n) is 7.08. The van der Waals surface area contributed by atoms with E-state index in [9.17, 15) is 14.4 Å². The maximum atomic E-state index is 13.6. The van der Waals surface area contributed by atoms with Crippen LogP contribution in [-0.2, 0) is 29.4 Å². The Balaban J connectivity index is 2.11. The Morgan fingerprint density at radius 1 is 0.966 bits per heavy atom. The molecule has 0 unspecified atom stereocenters. The third-order valence-electron chi connectivity index (χ3n) is 5.60. The van der Waals surface area contributed by atoms with Crippen LogP contribution in [0.2, 0.25) is 0 Å². The van der Waals surface area contributed by atoms with Crippen LogP contribution in [0.5, 0.6) is 5.75 Å². The van der Waals surface area contributed by atoms with Gasteiger partial charge in [-0.2, -0.15) is 0 Å². The van der Waals surface area contributed by atoms with Gasteiger partial charge in [-0.3, -0.25) is 14.4 Å². The van der Waals surface area contributed by atoms with Gasteiger partial charge in [0.05, 0.1) is 21.3 Å². The monoisotopic (exact) mass is 399 g/mol. The first-order chi connectivity index (χ1) is 14.0. The summed E-state index contributed by atoms with van der Waals surface area (Å²) in [6.07, 6.45) is 4.51. The van der Waals surface area contributed by atoms with Gasteiger partial charge in [0.25, 0.3) is 0 Å². The number of esters is 2. The van der Waals surface area contributed by atoms with E-state index in [4.69, 9.17) is 14.2 Å². The normalized spacial score (nSPS) is 15.2. The molecule has 3 rings (SSSR count). The predicted octanol–water partition coefficient (Wildman–Crippen LogP) is 2.96. The molecule has 0 spiro atoms. The van der Waals surface area contributed by atoms with E-state index in [0.717, 1.165) is 38.3 Å². The lowest BCUT2D eigenvalue weighted by Crippen LogP contribution is -2.48. The Labute approximate surface area is 169 Å². The zero-order valence-electron chi connectivity index (χ0n) is 16.8. The first-order valence-electron chi connectivity index (χ1n) is 9.50. The molecule has 0 aliphatic heterocycles. The average Bonchev–Trinajstić information content (AvgIpc) is 3.43. The summed E-state index contributed by atoms with van der Waals surface area (Å²) in [5.74, 6) is -3.20. The molecule has 7 heteroatoms. The second kappa shape index (κ2) is 8.51. The number of nitrogens with zero attached hydrogens (tertiary/aromatic N) is 1. The van der Waals surface area contributed by atoms with Gasteiger partial charge in [0.15, 0.2) is 5.78 Å². The highest BCUT2D eigenvalue weighted by molar-refractivity contribution is 6.17. The van der Waals surface area contributed by atoms with E-state index in [1.54, 1.807) is 7.11 Å². The standard InChI is InChI=1S/C22H25NO6/c1-27-16-9-6-8-15(14-16)17-10-7-13-23(17)22(11-4-5-12-22)19(24)18(20(25)28-2)21(26)29-3/h6-10,13-14,18H,4-5,11-12H2,1-3H3. The number of aromatic nitrogens is 1. The van der Waals surface area contributed by atoms with E-state index in [0.29, 0.717) is 18.6 Å². The highest BCUT2D eigenvalue weighted by Crippen LogP contribution is 2.43. The van der Waals surface area contributed by atoms with Crippen molar-refractivity contribution < 1.29 is 28.6 Å². The smallest absolute Gasteiger partial charge is 0.327 e. The summed E-state index contributed by atoms with van der Waals surface area (Å²) in [6, 6.07) is 11.3. The first kappa shape index (κ1) is 20.6. The summed E-state index contributed by atoms with van der Waals surface area (Å²) in [4.78, 5) is 38.2. The number of Topliss-reactive ketones (excluding diaryl/α,β-unsaturated/α-hetero) is 1. The van der Waals surface area contributed by atoms with Crippen molar-refractivity contribution in [1.82, 2.24) is 4.57 Å². The van der Waals surface area contributed by atoms with Crippen molar-refractivity contribution in [3.63, 3.8) is 0 Å². The van der Waals surface area contributed by atoms with Crippen molar-refractivity contribution in [2.75, 3.05) is 21.3 Å². The summed E-state index contributed by atoms with van der Waals surface area (Å²) in [5, 5.41) is 0. The Kier molecular flexibility index (Phi) is 6.06. The number of benzene rings is 1. The molecule has 0 saturated heterocycles. The quantitative estimate of drug-likeness (QED) is 0.526. The zero-order valence-corrected chi connectivity index (χ0v) is 16.8. The number of ether oxygens (including phenoxy) is 3. The minimum Gasteiger partial charge on any atom is -0.497 e. The fraction of sp³-hybridized carbons (Fsp3) is 0.409. The molecule has 7 nitrogen and oxygen atoms in total. The van der Waals surface area contributed by atoms with E-state index >= 15 is 0 Å². The molecule has 0 N–H and O–H groups in total. The summed E-state index contributed by atoms with van der Waals surface area (Å²) >= 11 is 0. The van der Waals surface area contributed by atoms with Crippen LogP contribution in [0.4, 0.5) is 0 Å². The van der Waals surface area contributed by atoms with Crippen molar-refractivity contribution in [3.8, 4) is 17.0 Å². The molecule has 1 aliphatic carbocycles. The van der Waals surface area contributed by atoms with Gasteiger partial charge in [-0.1, -0.05) is 25.0 Å². The molecule has 1 aliphatic rings. The minimum atomic E-state index is -1.61. The molecule has 0 radical (unpaired) electrons. The van der Waals surface area contributed by atoms with Crippen LogP contribution in [0.15, 0.2) is 42.6 Å². The molecule has 1 fully saturated rings. The Morgan fingerprint density at radius 3 is 2.21 bits per heavy atom. The summed E-state index contributed by atoms with van der Waals surface area (Å²) in [5.41, 5.74) is 0.670. The Hall–Kier alpha value is -3.09. The summed E-state index contributed by atoms with van der Waals surface area (Å²) < 4.78 is 16.7. The molecule has 0 amide bonds. The molecule has 1 heterocycles. The van der Waals surface area contributed by atoms with Gasteiger partial charge < -0.3 is 18.8 Å². The van der Waals surface area contributed by atoms with Gasteiger partial charge in [0.2, 0.25) is 5.92 Å². The topological polar surface area (TPSA) is 83.8 Å². The number of carbonyl (C=O) groups is 3. The maximum Gasteiger partial charge on any atom is 0.327 e. The van der Waals surface area contributed by atoms with Crippen molar-refractivity contribution in [2.24, 2.45) is 5.92 Å². The van der Waals surface area contributed by atoms with E-state index in [2.05, 4.69) is 0 Å². The summed E-state index contributed by atoms with van der Waals surface area (Å²) in [6.45, 7) is 0. The first-order valence-corrected chi connectivity index (χ1v) is 9.50. The van der Waals surface area contributed by atoms with Crippen LogP contribution in [-0.4, -0.2) is 43.6 Å². The summed E-state index contributed by atoms with van der Waals surface area (Å²) in [7, 11) is 3.91. The Morgan fingerprint density at radius 2 is 1.62 bits per heavy atom. The van der Waals surface area contributed by atoms with E-state index in [1.807, 2.05) is 47.2 Å². The molecule has 0 atom stereocenters. The highest BCUT2D eigenvalue weighted by atomic mass is 16.5. The predicted molar refractivity (Wildman–Crippen MR) is 105 cm³/mol. The van der Waals surface area contributed by atoms with Gasteiger partial charge >= 0.3 is 11.9 Å². The van der Waals surface area contributed by atoms with E-state index in [1.165, 1.54) is 0 Å². The lowest BCUT2D eigenvalue weighted by Gasteiger charge is -2.33. The largest absolute Gasteiger partial charge is 0.497 e. The van der Waals surface area contributed by atoms with Crippen LogP contribution in [0.25, 0.3) is 11.3 Å². The fourth-order valence-corrected chi connectivity index (χ4v) is 4.15. The van der Waals surface area contributed by atoms with E-state index < -0.39 is 29.2 Å². The van der Waals surface area contributed by atoms with Crippen molar-refractivity contribution in [2.45, 2.75) is 31.2 Å². The van der Waals surface area contributed by atoms with Crippen LogP contribution in [0.1, 0.15) is 25.7 Å². The van der Waals surface area contributed by atoms with Crippen LogP contribution in [0, 0.1) is 5.92 Å². The number of rotatable bonds is 7. The number of ketones is 1. The number of hydrogen-bond donors (Lipinski definition) is 0. The van der Waals surface area contributed by atoms with Crippen LogP contribution >= 0.6 is 0 Å². The molecule has 1 aromatic carbocycles. The lowest BCUT2D eigenvalue weighted by molar-refractivity contribution is -0.163. The lowest BCUT2D eigenvalue weighted by atomic mass is 9.83. The number of methoxy groups -OCH3 is 3. The van der Waals surface area contributed by atoms with Crippen molar-refractivity contribution >= 4 is 17.7 Å². The molecule has 154 valence electrons. The minimum absolute atomic E-state index is 0.492. The molecular formula is C22H25NO6. The molecular weight excluding hydrogens is 374 g/mol. The van der Waals surface area contributed by atoms with Crippen molar-refractivity contribution in [1.29, 1.82) is 0 Å². The molecule has 29 heavy (non-hydrogen) atoms. The van der Waals surface area contributed by atoms with Gasteiger partial charge in [0.1, 0.15) is 11.3 Å².